The lowest BCUT2D eigenvalue weighted by atomic mass is 10.1. The van der Waals surface area contributed by atoms with Gasteiger partial charge in [-0.1, -0.05) is 6.07 Å². The first kappa shape index (κ1) is 19.9. The van der Waals surface area contributed by atoms with Crippen molar-refractivity contribution in [3.63, 3.8) is 0 Å². The van der Waals surface area contributed by atoms with Gasteiger partial charge in [-0.15, -0.1) is 10.2 Å². The van der Waals surface area contributed by atoms with Gasteiger partial charge in [-0.05, 0) is 44.1 Å². The second-order valence-electron chi connectivity index (χ2n) is 6.90. The molecule has 1 aromatic carbocycles. The fourth-order valence-electron chi connectivity index (χ4n) is 3.43. The van der Waals surface area contributed by atoms with Crippen LogP contribution in [0.2, 0.25) is 0 Å². The number of benzene rings is 1. The molecule has 0 radical (unpaired) electrons. The van der Waals surface area contributed by atoms with Crippen molar-refractivity contribution in [3.8, 4) is 11.3 Å². The van der Waals surface area contributed by atoms with Crippen molar-refractivity contribution in [3.05, 3.63) is 54.0 Å². The van der Waals surface area contributed by atoms with Gasteiger partial charge in [-0.3, -0.25) is 4.68 Å². The lowest BCUT2D eigenvalue weighted by Gasteiger charge is -2.22. The van der Waals surface area contributed by atoms with Crippen molar-refractivity contribution < 1.29 is 18.3 Å². The van der Waals surface area contributed by atoms with Gasteiger partial charge in [0.15, 0.2) is 5.69 Å². The highest BCUT2D eigenvalue weighted by atomic mass is 19.1. The highest BCUT2D eigenvalue weighted by Gasteiger charge is 2.21. The second-order valence-corrected chi connectivity index (χ2v) is 6.90. The Bertz CT molecular complexity index is 1040. The minimum atomic E-state index is -0.778. The van der Waals surface area contributed by atoms with Crippen LogP contribution in [-0.4, -0.2) is 46.1 Å². The van der Waals surface area contributed by atoms with Crippen molar-refractivity contribution in [2.45, 2.75) is 18.9 Å². The zero-order valence-electron chi connectivity index (χ0n) is 16.2. The van der Waals surface area contributed by atoms with E-state index in [2.05, 4.69) is 25.9 Å². The van der Waals surface area contributed by atoms with Crippen LogP contribution in [0.15, 0.2) is 36.7 Å². The molecule has 8 nitrogen and oxygen atoms in total. The Morgan fingerprint density at radius 3 is 2.67 bits per heavy atom. The van der Waals surface area contributed by atoms with Crippen LogP contribution in [0.5, 0.6) is 0 Å². The smallest absolute Gasteiger partial charge is 0.360 e. The Kier molecular flexibility index (Phi) is 5.66. The van der Waals surface area contributed by atoms with Crippen LogP contribution in [0.4, 0.5) is 20.2 Å². The summed E-state index contributed by atoms with van der Waals surface area (Å²) in [5, 5.41) is 18.4. The molecular weight excluding hydrogens is 394 g/mol. The number of hydrogen-bond acceptors (Lipinski definition) is 7. The number of halogens is 2. The van der Waals surface area contributed by atoms with Crippen molar-refractivity contribution in [2.24, 2.45) is 0 Å². The summed E-state index contributed by atoms with van der Waals surface area (Å²) in [5.41, 5.74) is 0.333. The zero-order chi connectivity index (χ0) is 21.1. The maximum Gasteiger partial charge on any atom is 0.360 e. The van der Waals surface area contributed by atoms with E-state index in [9.17, 15) is 13.6 Å². The summed E-state index contributed by atoms with van der Waals surface area (Å²) in [6.45, 7) is 1.84. The zero-order valence-corrected chi connectivity index (χ0v) is 16.2. The number of hydrogen-bond donors (Lipinski definition) is 2. The predicted octanol–water partition coefficient (Wildman–Crippen LogP) is 3.07. The van der Waals surface area contributed by atoms with Crippen LogP contribution in [-0.2, 0) is 4.74 Å². The number of nitrogens with zero attached hydrogens (tertiary/aromatic N) is 4. The van der Waals surface area contributed by atoms with Gasteiger partial charge in [0.25, 0.3) is 0 Å². The minimum Gasteiger partial charge on any atom is -0.464 e. The molecule has 30 heavy (non-hydrogen) atoms. The molecule has 2 N–H and O–H groups in total. The van der Waals surface area contributed by atoms with Gasteiger partial charge in [0.2, 0.25) is 0 Å². The molecule has 1 aliphatic rings. The fourth-order valence-corrected chi connectivity index (χ4v) is 3.43. The van der Waals surface area contributed by atoms with Crippen LogP contribution < -0.4 is 10.6 Å². The summed E-state index contributed by atoms with van der Waals surface area (Å²) >= 11 is 0. The average Bonchev–Trinajstić information content (AvgIpc) is 3.22. The van der Waals surface area contributed by atoms with Crippen LogP contribution in [0.25, 0.3) is 11.3 Å². The van der Waals surface area contributed by atoms with E-state index in [1.54, 1.807) is 6.20 Å². The van der Waals surface area contributed by atoms with E-state index in [-0.39, 0.29) is 28.7 Å². The molecule has 1 fully saturated rings. The normalized spacial score (nSPS) is 14.5. The molecule has 4 rings (SSSR count). The molecule has 0 bridgehead atoms. The summed E-state index contributed by atoms with van der Waals surface area (Å²) in [5.74, 6) is -2.28. The molecule has 0 unspecified atom stereocenters. The Hall–Kier alpha value is -3.40. The van der Waals surface area contributed by atoms with E-state index in [1.165, 1.54) is 19.2 Å². The lowest BCUT2D eigenvalue weighted by molar-refractivity contribution is 0.0594. The van der Waals surface area contributed by atoms with Crippen LogP contribution in [0, 0.1) is 11.6 Å². The van der Waals surface area contributed by atoms with E-state index in [1.807, 2.05) is 10.9 Å². The molecular formula is C20H20F2N6O2. The van der Waals surface area contributed by atoms with Gasteiger partial charge >= 0.3 is 5.97 Å². The number of nitrogens with one attached hydrogen (secondary N) is 2. The first-order valence-corrected chi connectivity index (χ1v) is 9.49. The van der Waals surface area contributed by atoms with Gasteiger partial charge in [-0.25, -0.2) is 13.6 Å². The SMILES string of the molecule is COC(=O)c1nnc(-c2c(F)cccc2F)cc1Nc1cnn(C2CCNCC2)c1. The van der Waals surface area contributed by atoms with Crippen LogP contribution >= 0.6 is 0 Å². The van der Waals surface area contributed by atoms with Crippen LogP contribution in [0.1, 0.15) is 29.4 Å². The first-order valence-electron chi connectivity index (χ1n) is 9.49. The summed E-state index contributed by atoms with van der Waals surface area (Å²) in [6, 6.07) is 5.16. The minimum absolute atomic E-state index is 0.0495. The third-order valence-corrected chi connectivity index (χ3v) is 4.95. The standard InChI is InChI=1S/C20H20F2N6O2/c1-30-20(29)19-17(9-16(26-27-19)18-14(21)3-2-4-15(18)22)25-12-10-24-28(11-12)13-5-7-23-8-6-13/h2-4,9-11,13,23H,5-8H2,1H3,(H,25,26). The van der Waals surface area contributed by atoms with Crippen molar-refractivity contribution in [2.75, 3.05) is 25.5 Å². The largest absolute Gasteiger partial charge is 0.464 e. The Balaban J connectivity index is 1.68. The summed E-state index contributed by atoms with van der Waals surface area (Å²) in [7, 11) is 1.22. The number of methoxy groups -OCH3 is 1. The molecule has 2 aromatic heterocycles. The first-order chi connectivity index (χ1) is 14.6. The average molecular weight is 414 g/mol. The number of esters is 1. The lowest BCUT2D eigenvalue weighted by Crippen LogP contribution is -2.29. The van der Waals surface area contributed by atoms with Crippen molar-refractivity contribution in [1.29, 1.82) is 0 Å². The Morgan fingerprint density at radius 1 is 1.23 bits per heavy atom. The Labute approximate surface area is 171 Å². The molecule has 0 atom stereocenters. The molecule has 1 aliphatic heterocycles. The Morgan fingerprint density at radius 2 is 1.97 bits per heavy atom. The number of carbonyl (C=O) groups is 1. The van der Waals surface area contributed by atoms with E-state index in [4.69, 9.17) is 4.74 Å². The summed E-state index contributed by atoms with van der Waals surface area (Å²) < 4.78 is 35.0. The number of carbonyl (C=O) groups excluding carboxylic acids is 1. The quantitative estimate of drug-likeness (QED) is 0.620. The van der Waals surface area contributed by atoms with Gasteiger partial charge in [-0.2, -0.15) is 5.10 Å². The third-order valence-electron chi connectivity index (χ3n) is 4.95. The number of aromatic nitrogens is 4. The predicted molar refractivity (Wildman–Crippen MR) is 105 cm³/mol. The van der Waals surface area contributed by atoms with Gasteiger partial charge < -0.3 is 15.4 Å². The third kappa shape index (κ3) is 3.99. The molecule has 1 saturated heterocycles. The van der Waals surface area contributed by atoms with Crippen molar-refractivity contribution in [1.82, 2.24) is 25.3 Å². The second kappa shape index (κ2) is 8.54. The molecule has 156 valence electrons. The van der Waals surface area contributed by atoms with Gasteiger partial charge in [0.05, 0.1) is 36.3 Å². The van der Waals surface area contributed by atoms with E-state index >= 15 is 0 Å². The maximum atomic E-state index is 14.2. The molecule has 0 spiro atoms. The number of anilines is 2. The fraction of sp³-hybridized carbons (Fsp3) is 0.300. The highest BCUT2D eigenvalue weighted by molar-refractivity contribution is 5.94. The molecule has 10 heteroatoms. The number of ether oxygens (including phenoxy) is 1. The molecule has 3 heterocycles. The molecule has 0 amide bonds. The van der Waals surface area contributed by atoms with Gasteiger partial charge in [0.1, 0.15) is 17.3 Å². The van der Waals surface area contributed by atoms with Crippen LogP contribution in [0.3, 0.4) is 0 Å². The summed E-state index contributed by atoms with van der Waals surface area (Å²) in [6.07, 6.45) is 5.36. The molecule has 0 saturated carbocycles. The van der Waals surface area contributed by atoms with Crippen molar-refractivity contribution >= 4 is 17.3 Å². The highest BCUT2D eigenvalue weighted by Crippen LogP contribution is 2.29. The molecule has 3 aromatic rings. The van der Waals surface area contributed by atoms with E-state index in [0.29, 0.717) is 5.69 Å². The van der Waals surface area contributed by atoms with E-state index < -0.39 is 17.6 Å². The maximum absolute atomic E-state index is 14.2. The number of rotatable bonds is 5. The monoisotopic (exact) mass is 414 g/mol. The van der Waals surface area contributed by atoms with E-state index in [0.717, 1.165) is 38.1 Å². The topological polar surface area (TPSA) is 94.0 Å². The molecule has 0 aliphatic carbocycles. The number of piperidine rings is 1. The summed E-state index contributed by atoms with van der Waals surface area (Å²) in [4.78, 5) is 12.1. The van der Waals surface area contributed by atoms with Gasteiger partial charge in [0, 0.05) is 6.20 Å².